The van der Waals surface area contributed by atoms with Crippen LogP contribution in [0.5, 0.6) is 0 Å². The van der Waals surface area contributed by atoms with Gasteiger partial charge in [-0.25, -0.2) is 4.79 Å². The van der Waals surface area contributed by atoms with Gasteiger partial charge in [-0.3, -0.25) is 0 Å². The lowest BCUT2D eigenvalue weighted by molar-refractivity contribution is -0.192. The molecule has 0 aliphatic carbocycles. The van der Waals surface area contributed by atoms with E-state index in [1.807, 2.05) is 0 Å². The maximum Gasteiger partial charge on any atom is 0.490 e. The van der Waals surface area contributed by atoms with Gasteiger partial charge in [0.1, 0.15) is 0 Å². The van der Waals surface area contributed by atoms with Crippen LogP contribution < -0.4 is 0 Å². The lowest BCUT2D eigenvalue weighted by Gasteiger charge is -1.93. The first-order valence-corrected chi connectivity index (χ1v) is 8.04. The van der Waals surface area contributed by atoms with Crippen LogP contribution in [0.15, 0.2) is 0 Å². The van der Waals surface area contributed by atoms with Crippen molar-refractivity contribution in [2.75, 3.05) is 5.34 Å². The number of hydrogen-bond donors (Lipinski definition) is 1. The molecule has 2 nitrogen and oxygen atoms in total. The van der Waals surface area contributed by atoms with Crippen molar-refractivity contribution < 1.29 is 23.1 Å². The molecule has 88 valence electrons. The molecule has 0 aliphatic heterocycles. The van der Waals surface area contributed by atoms with Crippen LogP contribution in [0.3, 0.4) is 0 Å². The van der Waals surface area contributed by atoms with E-state index in [9.17, 15) is 13.2 Å². The fourth-order valence-electron chi connectivity index (χ4n) is 0. The summed E-state index contributed by atoms with van der Waals surface area (Å²) in [5.41, 5.74) is 0. The van der Waals surface area contributed by atoms with Crippen LogP contribution in [0.4, 0.5) is 13.2 Å². The third-order valence-electron chi connectivity index (χ3n) is 0.243. The number of alkyl halides is 5. The third kappa shape index (κ3) is 40.2. The molecule has 0 aromatic rings. The summed E-state index contributed by atoms with van der Waals surface area (Å²) >= 11 is 9.53. The van der Waals surface area contributed by atoms with Gasteiger partial charge in [-0.2, -0.15) is 13.2 Å². The van der Waals surface area contributed by atoms with Crippen molar-refractivity contribution in [3.63, 3.8) is 0 Å². The number of hydrogen-bond acceptors (Lipinski definition) is 1. The van der Waals surface area contributed by atoms with Crippen LogP contribution in [-0.4, -0.2) is 31.4 Å². The Labute approximate surface area is 92.6 Å². The van der Waals surface area contributed by atoms with Crippen molar-refractivity contribution in [1.29, 1.82) is 0 Å². The van der Waals surface area contributed by atoms with Gasteiger partial charge in [0.2, 0.25) is 0 Å². The highest BCUT2D eigenvalue weighted by Gasteiger charge is 2.38. The van der Waals surface area contributed by atoms with E-state index >= 15 is 0 Å². The molecule has 0 bridgehead atoms. The molecule has 0 fully saturated rings. The molecular formula is C6H13Cl2F3O2Si. The smallest absolute Gasteiger partial charge is 0.475 e. The Morgan fingerprint density at radius 1 is 1.29 bits per heavy atom. The molecule has 0 heterocycles. The SMILES string of the molecule is C[SiH](C)C.ClCCl.O=C(O)C(F)(F)F. The summed E-state index contributed by atoms with van der Waals surface area (Å²) in [6, 6.07) is 0. The Morgan fingerprint density at radius 3 is 1.36 bits per heavy atom. The van der Waals surface area contributed by atoms with Gasteiger partial charge in [0, 0.05) is 8.80 Å². The average molecular weight is 273 g/mol. The molecule has 0 unspecified atom stereocenters. The highest BCUT2D eigenvalue weighted by molar-refractivity contribution is 6.54. The average Bonchev–Trinajstić information content (AvgIpc) is 1.84. The molecule has 0 amide bonds. The Balaban J connectivity index is -0.000000147. The Hall–Kier alpha value is 0.0569. The summed E-state index contributed by atoms with van der Waals surface area (Å²) in [6.45, 7) is 6.92. The first kappa shape index (κ1) is 19.6. The minimum Gasteiger partial charge on any atom is -0.475 e. The zero-order valence-corrected chi connectivity index (χ0v) is 10.7. The van der Waals surface area contributed by atoms with Crippen molar-refractivity contribution in [2.24, 2.45) is 0 Å². The van der Waals surface area contributed by atoms with Gasteiger partial charge < -0.3 is 5.11 Å². The number of halogens is 5. The molecule has 0 saturated heterocycles. The lowest BCUT2D eigenvalue weighted by atomic mass is 10.7. The molecule has 8 heteroatoms. The molecule has 0 spiro atoms. The molecule has 14 heavy (non-hydrogen) atoms. The normalized spacial score (nSPS) is 9.50. The standard InChI is InChI=1S/C3H10Si.C2HF3O2.CH2Cl2/c1-4(2)3;3-2(4,5)1(6)7;2-1-3/h4H,1-3H3;(H,6,7);1H2. The highest BCUT2D eigenvalue weighted by Crippen LogP contribution is 2.13. The maximum atomic E-state index is 10.6. The van der Waals surface area contributed by atoms with Gasteiger partial charge in [-0.1, -0.05) is 19.6 Å². The maximum absolute atomic E-state index is 10.6. The monoisotopic (exact) mass is 272 g/mol. The van der Waals surface area contributed by atoms with Crippen molar-refractivity contribution in [3.8, 4) is 0 Å². The van der Waals surface area contributed by atoms with Gasteiger partial charge in [-0.05, 0) is 0 Å². The number of carboxylic acid groups (broad SMARTS) is 1. The second-order valence-electron chi connectivity index (χ2n) is 2.64. The van der Waals surface area contributed by atoms with E-state index < -0.39 is 12.1 Å². The second kappa shape index (κ2) is 11.1. The Morgan fingerprint density at radius 2 is 1.36 bits per heavy atom. The molecule has 1 N–H and O–H groups in total. The van der Waals surface area contributed by atoms with Gasteiger partial charge >= 0.3 is 12.1 Å². The second-order valence-corrected chi connectivity index (χ2v) is 6.91. The number of carbonyl (C=O) groups is 1. The fourth-order valence-corrected chi connectivity index (χ4v) is 0. The third-order valence-corrected chi connectivity index (χ3v) is 0.243. The van der Waals surface area contributed by atoms with Crippen molar-refractivity contribution in [2.45, 2.75) is 25.8 Å². The Bertz CT molecular complexity index is 139. The topological polar surface area (TPSA) is 37.3 Å². The highest BCUT2D eigenvalue weighted by atomic mass is 35.5. The van der Waals surface area contributed by atoms with E-state index in [2.05, 4.69) is 19.6 Å². The molecule has 0 aromatic carbocycles. The Kier molecular flexibility index (Phi) is 15.6. The number of rotatable bonds is 0. The number of aliphatic carboxylic acids is 1. The van der Waals surface area contributed by atoms with Crippen molar-refractivity contribution in [1.82, 2.24) is 0 Å². The zero-order valence-electron chi connectivity index (χ0n) is 8.03. The van der Waals surface area contributed by atoms with Crippen LogP contribution in [0.2, 0.25) is 19.6 Å². The van der Waals surface area contributed by atoms with Gasteiger partial charge in [0.25, 0.3) is 0 Å². The van der Waals surface area contributed by atoms with Gasteiger partial charge in [0.15, 0.2) is 0 Å². The van der Waals surface area contributed by atoms with E-state index in [0.29, 0.717) is 0 Å². The van der Waals surface area contributed by atoms with Crippen LogP contribution >= 0.6 is 23.2 Å². The van der Waals surface area contributed by atoms with E-state index in [1.165, 1.54) is 0 Å². The molecule has 0 saturated carbocycles. The van der Waals surface area contributed by atoms with Crippen molar-refractivity contribution >= 4 is 38.0 Å². The largest absolute Gasteiger partial charge is 0.490 e. The molecular weight excluding hydrogens is 260 g/mol. The summed E-state index contributed by atoms with van der Waals surface area (Å²) in [5.74, 6) is -2.76. The first-order valence-electron chi connectivity index (χ1n) is 3.51. The summed E-state index contributed by atoms with van der Waals surface area (Å²) in [4.78, 5) is 8.90. The van der Waals surface area contributed by atoms with E-state index in [1.54, 1.807) is 0 Å². The molecule has 0 aliphatic rings. The first-order chi connectivity index (χ1) is 6.09. The number of carboxylic acids is 1. The minimum absolute atomic E-state index is 0.139. The van der Waals surface area contributed by atoms with Gasteiger partial charge in [-0.15, -0.1) is 23.2 Å². The summed E-state index contributed by atoms with van der Waals surface area (Å²) in [7, 11) is -0.139. The predicted molar refractivity (Wildman–Crippen MR) is 55.0 cm³/mol. The van der Waals surface area contributed by atoms with E-state index in [0.717, 1.165) is 0 Å². The van der Waals surface area contributed by atoms with Gasteiger partial charge in [0.05, 0.1) is 5.34 Å². The predicted octanol–water partition coefficient (Wildman–Crippen LogP) is 3.16. The zero-order chi connectivity index (χ0) is 12.4. The molecule has 0 rings (SSSR count). The van der Waals surface area contributed by atoms with Crippen LogP contribution in [0, 0.1) is 0 Å². The molecule has 0 atom stereocenters. The minimum atomic E-state index is -5.08. The fraction of sp³-hybridized carbons (Fsp3) is 0.833. The van der Waals surface area contributed by atoms with Crippen LogP contribution in [-0.2, 0) is 4.79 Å². The molecule has 0 radical (unpaired) electrons. The van der Waals surface area contributed by atoms with Crippen LogP contribution in [0.25, 0.3) is 0 Å². The summed E-state index contributed by atoms with van der Waals surface area (Å²) in [5, 5.41) is 7.32. The van der Waals surface area contributed by atoms with E-state index in [4.69, 9.17) is 33.1 Å². The lowest BCUT2D eigenvalue weighted by Crippen LogP contribution is -2.21. The quantitative estimate of drug-likeness (QED) is 0.543. The van der Waals surface area contributed by atoms with Crippen LogP contribution in [0.1, 0.15) is 0 Å². The van der Waals surface area contributed by atoms with E-state index in [-0.39, 0.29) is 14.1 Å². The van der Waals surface area contributed by atoms with Crippen molar-refractivity contribution in [3.05, 3.63) is 0 Å². The summed E-state index contributed by atoms with van der Waals surface area (Å²) < 4.78 is 31.7. The molecule has 0 aromatic heterocycles. The summed E-state index contributed by atoms with van der Waals surface area (Å²) in [6.07, 6.45) is -5.08.